The van der Waals surface area contributed by atoms with Crippen LogP contribution in [0.3, 0.4) is 0 Å². The van der Waals surface area contributed by atoms with Gasteiger partial charge in [0.2, 0.25) is 5.91 Å². The number of carbonyl (C=O) groups excluding carboxylic acids is 2. The van der Waals surface area contributed by atoms with Crippen molar-refractivity contribution >= 4 is 29.0 Å². The van der Waals surface area contributed by atoms with E-state index in [1.807, 2.05) is 48.8 Å². The molecule has 0 aliphatic carbocycles. The summed E-state index contributed by atoms with van der Waals surface area (Å²) >= 11 is 1.61. The normalized spacial score (nSPS) is 18.5. The van der Waals surface area contributed by atoms with E-state index < -0.39 is 6.09 Å². The van der Waals surface area contributed by atoms with Crippen molar-refractivity contribution in [3.05, 3.63) is 81.8 Å². The Morgan fingerprint density at radius 1 is 1.28 bits per heavy atom. The minimum Gasteiger partial charge on any atom is -0.447 e. The van der Waals surface area contributed by atoms with Crippen LogP contribution in [-0.2, 0) is 22.4 Å². The predicted molar refractivity (Wildman–Crippen MR) is 124 cm³/mol. The average molecular weight is 448 g/mol. The third-order valence-electron chi connectivity index (χ3n) is 6.20. The van der Waals surface area contributed by atoms with E-state index in [0.29, 0.717) is 6.42 Å². The summed E-state index contributed by atoms with van der Waals surface area (Å²) in [5.41, 5.74) is 5.41. The minimum absolute atomic E-state index is 0.149. The van der Waals surface area contributed by atoms with Gasteiger partial charge in [-0.25, -0.2) is 9.69 Å². The van der Waals surface area contributed by atoms with E-state index in [9.17, 15) is 9.59 Å². The van der Waals surface area contributed by atoms with Gasteiger partial charge in [-0.1, -0.05) is 30.3 Å². The summed E-state index contributed by atoms with van der Waals surface area (Å²) in [6.07, 6.45) is 3.01. The van der Waals surface area contributed by atoms with Crippen molar-refractivity contribution in [3.63, 3.8) is 0 Å². The largest absolute Gasteiger partial charge is 0.447 e. The lowest BCUT2D eigenvalue weighted by Crippen LogP contribution is -2.42. The molecule has 3 aromatic rings. The fourth-order valence-corrected chi connectivity index (χ4v) is 5.34. The van der Waals surface area contributed by atoms with Gasteiger partial charge >= 0.3 is 6.09 Å². The van der Waals surface area contributed by atoms with Crippen LogP contribution in [0.15, 0.2) is 59.4 Å². The lowest BCUT2D eigenvalue weighted by atomic mass is 10.0. The first-order valence-electron chi connectivity index (χ1n) is 10.9. The molecule has 2 aliphatic rings. The van der Waals surface area contributed by atoms with E-state index in [0.717, 1.165) is 41.0 Å². The van der Waals surface area contributed by atoms with Crippen molar-refractivity contribution in [2.45, 2.75) is 38.3 Å². The third kappa shape index (κ3) is 4.00. The maximum Gasteiger partial charge on any atom is 0.416 e. The molecule has 0 radical (unpaired) electrons. The fourth-order valence-electron chi connectivity index (χ4n) is 4.63. The van der Waals surface area contributed by atoms with Crippen LogP contribution in [0.25, 0.3) is 0 Å². The van der Waals surface area contributed by atoms with Crippen LogP contribution >= 0.6 is 11.3 Å². The zero-order valence-corrected chi connectivity index (χ0v) is 18.8. The topological polar surface area (TPSA) is 62.7 Å². The molecule has 1 fully saturated rings. The number of amides is 2. The van der Waals surface area contributed by atoms with Crippen LogP contribution in [0, 0.1) is 6.92 Å². The summed E-state index contributed by atoms with van der Waals surface area (Å²) in [7, 11) is 0. The van der Waals surface area contributed by atoms with Crippen LogP contribution in [0.4, 0.5) is 10.5 Å². The molecule has 1 saturated heterocycles. The highest BCUT2D eigenvalue weighted by atomic mass is 32.1. The van der Waals surface area contributed by atoms with Crippen molar-refractivity contribution in [1.82, 2.24) is 9.88 Å². The Labute approximate surface area is 191 Å². The Bertz CT molecular complexity index is 1120. The molecule has 0 saturated carbocycles. The summed E-state index contributed by atoms with van der Waals surface area (Å²) in [4.78, 5) is 34.2. The number of imide groups is 1. The number of rotatable bonds is 6. The van der Waals surface area contributed by atoms with Gasteiger partial charge in [-0.2, -0.15) is 11.3 Å². The zero-order chi connectivity index (χ0) is 22.1. The average Bonchev–Trinajstić information content (AvgIpc) is 3.53. The standard InChI is InChI=1S/C25H25N3O3S/c1-17-11-23-21(26-14-17)7-9-27(23)22(19-8-10-32-16-19)13-24(29)28-20(15-31-25(28)30)12-18-5-3-2-4-6-18/h2-6,8,10-11,14,16,20,22H,7,9,12-13,15H2,1H3/t20-,22?/m0/s1. The number of fused-ring (bicyclic) bond motifs is 1. The first-order chi connectivity index (χ1) is 15.6. The van der Waals surface area contributed by atoms with E-state index in [2.05, 4.69) is 27.4 Å². The van der Waals surface area contributed by atoms with Gasteiger partial charge < -0.3 is 9.64 Å². The predicted octanol–water partition coefficient (Wildman–Crippen LogP) is 4.54. The van der Waals surface area contributed by atoms with Crippen LogP contribution in [0.2, 0.25) is 0 Å². The van der Waals surface area contributed by atoms with Gasteiger partial charge in [0, 0.05) is 19.2 Å². The monoisotopic (exact) mass is 447 g/mol. The Hall–Kier alpha value is -3.19. The number of hydrogen-bond donors (Lipinski definition) is 0. The molecule has 0 spiro atoms. The molecule has 7 heteroatoms. The smallest absolute Gasteiger partial charge is 0.416 e. The number of aryl methyl sites for hydroxylation is 1. The highest BCUT2D eigenvalue weighted by molar-refractivity contribution is 7.08. The van der Waals surface area contributed by atoms with Gasteiger partial charge in [0.05, 0.1) is 29.9 Å². The molecule has 4 heterocycles. The lowest BCUT2D eigenvalue weighted by Gasteiger charge is -2.31. The SMILES string of the molecule is Cc1cnc2c(c1)N(C(CC(=O)N1C(=O)OC[C@@H]1Cc1ccccc1)c1ccsc1)CC2. The molecule has 1 unspecified atom stereocenters. The Balaban J connectivity index is 1.40. The van der Waals surface area contributed by atoms with Gasteiger partial charge in [-0.15, -0.1) is 0 Å². The molecule has 0 N–H and O–H groups in total. The van der Waals surface area contributed by atoms with Crippen molar-refractivity contribution < 1.29 is 14.3 Å². The van der Waals surface area contributed by atoms with Crippen molar-refractivity contribution in [2.75, 3.05) is 18.1 Å². The first-order valence-corrected chi connectivity index (χ1v) is 11.8. The molecule has 164 valence electrons. The lowest BCUT2D eigenvalue weighted by molar-refractivity contribution is -0.129. The number of cyclic esters (lactones) is 1. The number of carbonyl (C=O) groups is 2. The van der Waals surface area contributed by atoms with Crippen molar-refractivity contribution in [3.8, 4) is 0 Å². The molecule has 2 aliphatic heterocycles. The summed E-state index contributed by atoms with van der Waals surface area (Å²) in [5.74, 6) is -0.196. The van der Waals surface area contributed by atoms with Crippen LogP contribution in [0.5, 0.6) is 0 Å². The second-order valence-electron chi connectivity index (χ2n) is 8.38. The molecule has 0 bridgehead atoms. The quantitative estimate of drug-likeness (QED) is 0.555. The molecular weight excluding hydrogens is 422 g/mol. The number of nitrogens with zero attached hydrogens (tertiary/aromatic N) is 3. The summed E-state index contributed by atoms with van der Waals surface area (Å²) < 4.78 is 5.29. The van der Waals surface area contributed by atoms with Gasteiger partial charge in [0.15, 0.2) is 0 Å². The van der Waals surface area contributed by atoms with E-state index >= 15 is 0 Å². The molecule has 1 aromatic carbocycles. The van der Waals surface area contributed by atoms with E-state index in [-0.39, 0.29) is 31.0 Å². The van der Waals surface area contributed by atoms with Crippen LogP contribution < -0.4 is 4.90 Å². The summed E-state index contributed by atoms with van der Waals surface area (Å²) in [6, 6.07) is 13.7. The number of benzene rings is 1. The third-order valence-corrected chi connectivity index (χ3v) is 6.90. The number of thiophene rings is 1. The first kappa shape index (κ1) is 20.7. The summed E-state index contributed by atoms with van der Waals surface area (Å²) in [6.45, 7) is 3.07. The Kier molecular flexibility index (Phi) is 5.66. The van der Waals surface area contributed by atoms with Gasteiger partial charge in [0.25, 0.3) is 0 Å². The van der Waals surface area contributed by atoms with Gasteiger partial charge in [-0.05, 0) is 52.9 Å². The zero-order valence-electron chi connectivity index (χ0n) is 17.9. The Morgan fingerprint density at radius 2 is 2.12 bits per heavy atom. The second-order valence-corrected chi connectivity index (χ2v) is 9.16. The molecule has 6 nitrogen and oxygen atoms in total. The highest BCUT2D eigenvalue weighted by Gasteiger charge is 2.40. The van der Waals surface area contributed by atoms with E-state index in [1.165, 1.54) is 4.90 Å². The van der Waals surface area contributed by atoms with Crippen LogP contribution in [-0.4, -0.2) is 41.1 Å². The number of hydrogen-bond acceptors (Lipinski definition) is 6. The van der Waals surface area contributed by atoms with Crippen molar-refractivity contribution in [1.29, 1.82) is 0 Å². The molecular formula is C25H25N3O3S. The maximum absolute atomic E-state index is 13.5. The number of ether oxygens (including phenoxy) is 1. The number of anilines is 1. The molecule has 2 aromatic heterocycles. The number of aromatic nitrogens is 1. The van der Waals surface area contributed by atoms with E-state index in [4.69, 9.17) is 4.74 Å². The maximum atomic E-state index is 13.5. The highest BCUT2D eigenvalue weighted by Crippen LogP contribution is 2.38. The van der Waals surface area contributed by atoms with Gasteiger partial charge in [0.1, 0.15) is 6.61 Å². The van der Waals surface area contributed by atoms with Crippen LogP contribution in [0.1, 0.15) is 34.8 Å². The van der Waals surface area contributed by atoms with Crippen molar-refractivity contribution in [2.24, 2.45) is 0 Å². The fraction of sp³-hybridized carbons (Fsp3) is 0.320. The molecule has 32 heavy (non-hydrogen) atoms. The summed E-state index contributed by atoms with van der Waals surface area (Å²) in [5, 5.41) is 4.11. The molecule has 2 atom stereocenters. The minimum atomic E-state index is -0.542. The van der Waals surface area contributed by atoms with Gasteiger partial charge in [-0.3, -0.25) is 9.78 Å². The molecule has 5 rings (SSSR count). The number of pyridine rings is 1. The second kappa shape index (κ2) is 8.74. The Morgan fingerprint density at radius 3 is 2.91 bits per heavy atom. The van der Waals surface area contributed by atoms with E-state index in [1.54, 1.807) is 11.3 Å². The molecule has 2 amide bonds.